The SMILES string of the molecule is CC(C)(C)C(O)c1cnc[nH]1. The molecule has 1 unspecified atom stereocenters. The van der Waals surface area contributed by atoms with Gasteiger partial charge >= 0.3 is 0 Å². The highest BCUT2D eigenvalue weighted by atomic mass is 16.3. The van der Waals surface area contributed by atoms with Crippen LogP contribution in [0.3, 0.4) is 0 Å². The Labute approximate surface area is 66.5 Å². The fourth-order valence-electron chi connectivity index (χ4n) is 0.883. The van der Waals surface area contributed by atoms with Crippen molar-refractivity contribution in [3.05, 3.63) is 18.2 Å². The van der Waals surface area contributed by atoms with Crippen molar-refractivity contribution in [2.45, 2.75) is 26.9 Å². The lowest BCUT2D eigenvalue weighted by Gasteiger charge is -2.24. The fourth-order valence-corrected chi connectivity index (χ4v) is 0.883. The van der Waals surface area contributed by atoms with Gasteiger partial charge in [0.1, 0.15) is 6.10 Å². The van der Waals surface area contributed by atoms with E-state index >= 15 is 0 Å². The Kier molecular flexibility index (Phi) is 2.00. The maximum absolute atomic E-state index is 9.67. The van der Waals surface area contributed by atoms with E-state index in [0.717, 1.165) is 5.69 Å². The van der Waals surface area contributed by atoms with E-state index in [-0.39, 0.29) is 5.41 Å². The van der Waals surface area contributed by atoms with Crippen LogP contribution in [0.15, 0.2) is 12.5 Å². The molecular formula is C8H14N2O. The Morgan fingerprint density at radius 2 is 2.18 bits per heavy atom. The van der Waals surface area contributed by atoms with Crippen LogP contribution in [0.5, 0.6) is 0 Å². The number of aliphatic hydroxyl groups is 1. The topological polar surface area (TPSA) is 48.9 Å². The third kappa shape index (κ3) is 1.80. The third-order valence-corrected chi connectivity index (χ3v) is 1.63. The molecular weight excluding hydrogens is 140 g/mol. The Bertz CT molecular complexity index is 210. The number of hydrogen-bond donors (Lipinski definition) is 2. The van der Waals surface area contributed by atoms with E-state index < -0.39 is 6.10 Å². The summed E-state index contributed by atoms with van der Waals surface area (Å²) in [6.45, 7) is 5.95. The monoisotopic (exact) mass is 154 g/mol. The Hall–Kier alpha value is -0.830. The van der Waals surface area contributed by atoms with Gasteiger partial charge in [-0.2, -0.15) is 0 Å². The van der Waals surface area contributed by atoms with Crippen LogP contribution in [0.25, 0.3) is 0 Å². The smallest absolute Gasteiger partial charge is 0.100 e. The van der Waals surface area contributed by atoms with Gasteiger partial charge in [-0.15, -0.1) is 0 Å². The van der Waals surface area contributed by atoms with E-state index in [4.69, 9.17) is 0 Å². The summed E-state index contributed by atoms with van der Waals surface area (Å²) >= 11 is 0. The summed E-state index contributed by atoms with van der Waals surface area (Å²) in [5.74, 6) is 0. The average molecular weight is 154 g/mol. The van der Waals surface area contributed by atoms with Crippen LogP contribution in [0.2, 0.25) is 0 Å². The highest BCUT2D eigenvalue weighted by molar-refractivity contribution is 5.02. The summed E-state index contributed by atoms with van der Waals surface area (Å²) in [4.78, 5) is 6.72. The van der Waals surface area contributed by atoms with Gasteiger partial charge in [-0.05, 0) is 5.41 Å². The van der Waals surface area contributed by atoms with Crippen LogP contribution < -0.4 is 0 Å². The lowest BCUT2D eigenvalue weighted by atomic mass is 9.87. The molecule has 0 spiro atoms. The van der Waals surface area contributed by atoms with Gasteiger partial charge in [-0.3, -0.25) is 0 Å². The van der Waals surface area contributed by atoms with Crippen LogP contribution in [0.4, 0.5) is 0 Å². The summed E-state index contributed by atoms with van der Waals surface area (Å²) in [6, 6.07) is 0. The first-order chi connectivity index (χ1) is 5.02. The minimum atomic E-state index is -0.468. The first kappa shape index (κ1) is 8.27. The van der Waals surface area contributed by atoms with Gasteiger partial charge in [0, 0.05) is 0 Å². The van der Waals surface area contributed by atoms with Gasteiger partial charge in [0.05, 0.1) is 18.2 Å². The molecule has 1 aromatic heterocycles. The number of nitrogens with zero attached hydrogens (tertiary/aromatic N) is 1. The Balaban J connectivity index is 2.78. The number of aliphatic hydroxyl groups excluding tert-OH is 1. The standard InChI is InChI=1S/C8H14N2O/c1-8(2,3)7(11)6-4-9-5-10-6/h4-5,7,11H,1-3H3,(H,9,10). The molecule has 1 aromatic rings. The number of aromatic nitrogens is 2. The molecule has 0 aliphatic heterocycles. The minimum Gasteiger partial charge on any atom is -0.386 e. The molecule has 0 fully saturated rings. The second-order valence-electron chi connectivity index (χ2n) is 3.78. The molecule has 2 N–H and O–H groups in total. The van der Waals surface area contributed by atoms with Crippen molar-refractivity contribution in [1.29, 1.82) is 0 Å². The van der Waals surface area contributed by atoms with E-state index in [2.05, 4.69) is 9.97 Å². The molecule has 0 saturated carbocycles. The Morgan fingerprint density at radius 3 is 2.55 bits per heavy atom. The van der Waals surface area contributed by atoms with Crippen LogP contribution in [0.1, 0.15) is 32.6 Å². The predicted molar refractivity (Wildman–Crippen MR) is 43.0 cm³/mol. The van der Waals surface area contributed by atoms with Crippen molar-refractivity contribution in [2.75, 3.05) is 0 Å². The molecule has 0 aliphatic carbocycles. The zero-order valence-electron chi connectivity index (χ0n) is 7.13. The summed E-state index contributed by atoms with van der Waals surface area (Å²) in [5, 5.41) is 9.67. The molecule has 0 aliphatic rings. The molecule has 3 heteroatoms. The van der Waals surface area contributed by atoms with Crippen molar-refractivity contribution >= 4 is 0 Å². The lowest BCUT2D eigenvalue weighted by molar-refractivity contribution is 0.0593. The highest BCUT2D eigenvalue weighted by Crippen LogP contribution is 2.30. The van der Waals surface area contributed by atoms with Gasteiger partial charge in [0.15, 0.2) is 0 Å². The molecule has 1 atom stereocenters. The number of H-pyrrole nitrogens is 1. The second kappa shape index (κ2) is 2.66. The van der Waals surface area contributed by atoms with Gasteiger partial charge in [-0.1, -0.05) is 20.8 Å². The van der Waals surface area contributed by atoms with Gasteiger partial charge in [0.2, 0.25) is 0 Å². The summed E-state index contributed by atoms with van der Waals surface area (Å²) in [6.07, 6.45) is 2.75. The molecule has 1 heterocycles. The molecule has 0 aromatic carbocycles. The van der Waals surface area contributed by atoms with Crippen molar-refractivity contribution in [2.24, 2.45) is 5.41 Å². The zero-order chi connectivity index (χ0) is 8.48. The first-order valence-corrected chi connectivity index (χ1v) is 3.68. The number of imidazole rings is 1. The van der Waals surface area contributed by atoms with E-state index in [1.54, 1.807) is 12.5 Å². The summed E-state index contributed by atoms with van der Waals surface area (Å²) < 4.78 is 0. The van der Waals surface area contributed by atoms with Crippen molar-refractivity contribution in [3.8, 4) is 0 Å². The van der Waals surface area contributed by atoms with Crippen LogP contribution in [0, 0.1) is 5.41 Å². The van der Waals surface area contributed by atoms with Crippen molar-refractivity contribution in [3.63, 3.8) is 0 Å². The fraction of sp³-hybridized carbons (Fsp3) is 0.625. The molecule has 62 valence electrons. The second-order valence-corrected chi connectivity index (χ2v) is 3.78. The molecule has 0 radical (unpaired) electrons. The van der Waals surface area contributed by atoms with Crippen LogP contribution in [-0.2, 0) is 0 Å². The first-order valence-electron chi connectivity index (χ1n) is 3.68. The maximum Gasteiger partial charge on any atom is 0.100 e. The molecule has 0 amide bonds. The van der Waals surface area contributed by atoms with Gasteiger partial charge in [0.25, 0.3) is 0 Å². The predicted octanol–water partition coefficient (Wildman–Crippen LogP) is 1.49. The lowest BCUT2D eigenvalue weighted by Crippen LogP contribution is -2.17. The third-order valence-electron chi connectivity index (χ3n) is 1.63. The highest BCUT2D eigenvalue weighted by Gasteiger charge is 2.24. The summed E-state index contributed by atoms with van der Waals surface area (Å²) in [7, 11) is 0. The van der Waals surface area contributed by atoms with Crippen molar-refractivity contribution in [1.82, 2.24) is 9.97 Å². The van der Waals surface area contributed by atoms with E-state index in [1.165, 1.54) is 0 Å². The molecule has 1 rings (SSSR count). The van der Waals surface area contributed by atoms with Crippen molar-refractivity contribution < 1.29 is 5.11 Å². The van der Waals surface area contributed by atoms with E-state index in [0.29, 0.717) is 0 Å². The van der Waals surface area contributed by atoms with Gasteiger partial charge in [-0.25, -0.2) is 4.98 Å². The van der Waals surface area contributed by atoms with Crippen LogP contribution >= 0.6 is 0 Å². The Morgan fingerprint density at radius 1 is 1.55 bits per heavy atom. The van der Waals surface area contributed by atoms with Gasteiger partial charge < -0.3 is 10.1 Å². The normalized spacial score (nSPS) is 14.9. The maximum atomic E-state index is 9.67. The number of nitrogens with one attached hydrogen (secondary N) is 1. The molecule has 11 heavy (non-hydrogen) atoms. The quantitative estimate of drug-likeness (QED) is 0.643. The average Bonchev–Trinajstić information content (AvgIpc) is 2.34. The zero-order valence-corrected chi connectivity index (χ0v) is 7.13. The molecule has 0 bridgehead atoms. The number of aromatic amines is 1. The number of rotatable bonds is 1. The summed E-state index contributed by atoms with van der Waals surface area (Å²) in [5.41, 5.74) is 0.643. The van der Waals surface area contributed by atoms with E-state index in [9.17, 15) is 5.11 Å². The minimum absolute atomic E-state index is 0.132. The molecule has 0 saturated heterocycles. The van der Waals surface area contributed by atoms with E-state index in [1.807, 2.05) is 20.8 Å². The number of hydrogen-bond acceptors (Lipinski definition) is 2. The molecule has 3 nitrogen and oxygen atoms in total. The largest absolute Gasteiger partial charge is 0.386 e. The van der Waals surface area contributed by atoms with Crippen LogP contribution in [-0.4, -0.2) is 15.1 Å².